The number of amidine groups is 1. The van der Waals surface area contributed by atoms with Gasteiger partial charge in [0, 0.05) is 5.56 Å². The van der Waals surface area contributed by atoms with Crippen LogP contribution in [0.4, 0.5) is 0 Å². The molecule has 0 saturated carbocycles. The van der Waals surface area contributed by atoms with Gasteiger partial charge in [-0.05, 0) is 6.07 Å². The first-order valence-corrected chi connectivity index (χ1v) is 6.43. The van der Waals surface area contributed by atoms with Gasteiger partial charge in [0.1, 0.15) is 5.75 Å². The van der Waals surface area contributed by atoms with Crippen molar-refractivity contribution in [1.29, 1.82) is 0 Å². The van der Waals surface area contributed by atoms with Crippen LogP contribution in [0.2, 0.25) is 5.02 Å². The van der Waals surface area contributed by atoms with Crippen LogP contribution < -0.4 is 10.1 Å². The van der Waals surface area contributed by atoms with Crippen molar-refractivity contribution in [2.24, 2.45) is 10.2 Å². The summed E-state index contributed by atoms with van der Waals surface area (Å²) >= 11 is 7.40. The molecule has 1 aliphatic heterocycles. The summed E-state index contributed by atoms with van der Waals surface area (Å²) in [7, 11) is 1.55. The molecule has 1 aromatic carbocycles. The van der Waals surface area contributed by atoms with Gasteiger partial charge in [0.05, 0.1) is 24.1 Å². The second kappa shape index (κ2) is 5.88. The summed E-state index contributed by atoms with van der Waals surface area (Å²) in [6.07, 6.45) is 1.52. The molecular weight excluding hydrogens is 274 g/mol. The van der Waals surface area contributed by atoms with Gasteiger partial charge in [0.25, 0.3) is 0 Å². The normalized spacial score (nSPS) is 17.4. The van der Waals surface area contributed by atoms with Crippen molar-refractivity contribution >= 4 is 40.7 Å². The number of hydrogen-bond donors (Lipinski definition) is 1. The first-order valence-electron chi connectivity index (χ1n) is 5.07. The zero-order valence-electron chi connectivity index (χ0n) is 9.51. The van der Waals surface area contributed by atoms with Gasteiger partial charge < -0.3 is 10.1 Å². The van der Waals surface area contributed by atoms with E-state index in [-0.39, 0.29) is 5.91 Å². The van der Waals surface area contributed by atoms with Crippen molar-refractivity contribution in [2.75, 3.05) is 12.9 Å². The standard InChI is InChI=1S/C11H10ClN3O2S/c1-17-8-4-2-3-7(10(8)12)5-13-15-11-14-9(16)6-18-11/h2-5H,6H2,1H3,(H,14,15,16). The van der Waals surface area contributed by atoms with Gasteiger partial charge in [-0.3, -0.25) is 4.79 Å². The van der Waals surface area contributed by atoms with E-state index in [1.165, 1.54) is 18.0 Å². The minimum Gasteiger partial charge on any atom is -0.495 e. The van der Waals surface area contributed by atoms with Crippen molar-refractivity contribution in [3.63, 3.8) is 0 Å². The highest BCUT2D eigenvalue weighted by molar-refractivity contribution is 8.15. The smallest absolute Gasteiger partial charge is 0.236 e. The fraction of sp³-hybridized carbons (Fsp3) is 0.182. The van der Waals surface area contributed by atoms with E-state index in [4.69, 9.17) is 16.3 Å². The molecule has 0 aromatic heterocycles. The van der Waals surface area contributed by atoms with Crippen LogP contribution in [0.15, 0.2) is 28.4 Å². The van der Waals surface area contributed by atoms with E-state index in [0.717, 1.165) is 0 Å². The van der Waals surface area contributed by atoms with Gasteiger partial charge in [-0.1, -0.05) is 35.5 Å². The Balaban J connectivity index is 2.12. The Labute approximate surface area is 113 Å². The maximum Gasteiger partial charge on any atom is 0.236 e. The molecule has 0 aliphatic carbocycles. The van der Waals surface area contributed by atoms with Crippen LogP contribution in [-0.2, 0) is 4.79 Å². The summed E-state index contributed by atoms with van der Waals surface area (Å²) in [4.78, 5) is 10.9. The second-order valence-electron chi connectivity index (χ2n) is 3.35. The highest BCUT2D eigenvalue weighted by atomic mass is 35.5. The summed E-state index contributed by atoms with van der Waals surface area (Å²) in [6.45, 7) is 0. The summed E-state index contributed by atoms with van der Waals surface area (Å²) in [5.74, 6) is 0.902. The largest absolute Gasteiger partial charge is 0.495 e. The van der Waals surface area contributed by atoms with Gasteiger partial charge in [-0.2, -0.15) is 5.10 Å². The minimum absolute atomic E-state index is 0.0617. The number of methoxy groups -OCH3 is 1. The van der Waals surface area contributed by atoms with E-state index >= 15 is 0 Å². The Bertz CT molecular complexity index is 531. The maximum atomic E-state index is 10.9. The lowest BCUT2D eigenvalue weighted by Gasteiger charge is -2.03. The maximum absolute atomic E-state index is 10.9. The average Bonchev–Trinajstić information content (AvgIpc) is 2.77. The van der Waals surface area contributed by atoms with Crippen LogP contribution in [0.25, 0.3) is 0 Å². The number of hydrogen-bond acceptors (Lipinski definition) is 5. The Morgan fingerprint density at radius 3 is 3.06 bits per heavy atom. The fourth-order valence-corrected chi connectivity index (χ4v) is 2.19. The molecule has 1 aliphatic rings. The number of thioether (sulfide) groups is 1. The quantitative estimate of drug-likeness (QED) is 0.681. The van der Waals surface area contributed by atoms with Crippen molar-refractivity contribution in [3.8, 4) is 5.75 Å². The lowest BCUT2D eigenvalue weighted by Crippen LogP contribution is -2.19. The first-order chi connectivity index (χ1) is 8.70. The van der Waals surface area contributed by atoms with E-state index in [0.29, 0.717) is 27.3 Å². The lowest BCUT2D eigenvalue weighted by molar-refractivity contribution is -0.116. The van der Waals surface area contributed by atoms with Crippen molar-refractivity contribution in [3.05, 3.63) is 28.8 Å². The molecule has 1 heterocycles. The number of amides is 1. The summed E-state index contributed by atoms with van der Waals surface area (Å²) in [5, 5.41) is 11.3. The Morgan fingerprint density at radius 1 is 1.56 bits per heavy atom. The van der Waals surface area contributed by atoms with E-state index in [2.05, 4.69) is 15.5 Å². The van der Waals surface area contributed by atoms with Gasteiger partial charge in [0.2, 0.25) is 5.91 Å². The fourth-order valence-electron chi connectivity index (χ4n) is 1.31. The Morgan fingerprint density at radius 2 is 2.39 bits per heavy atom. The van der Waals surface area contributed by atoms with E-state index < -0.39 is 0 Å². The number of carbonyl (C=O) groups is 1. The van der Waals surface area contributed by atoms with Crippen LogP contribution in [0, 0.1) is 0 Å². The highest BCUT2D eigenvalue weighted by Gasteiger charge is 2.15. The molecule has 94 valence electrons. The molecule has 0 bridgehead atoms. The van der Waals surface area contributed by atoms with Crippen LogP contribution >= 0.6 is 23.4 Å². The molecule has 1 fully saturated rings. The molecular formula is C11H10ClN3O2S. The van der Waals surface area contributed by atoms with Gasteiger partial charge in [0.15, 0.2) is 5.17 Å². The summed E-state index contributed by atoms with van der Waals surface area (Å²) in [6, 6.07) is 5.37. The first kappa shape index (κ1) is 12.9. The number of nitrogens with one attached hydrogen (secondary N) is 1. The van der Waals surface area contributed by atoms with Crippen LogP contribution in [0.5, 0.6) is 5.75 Å². The molecule has 7 heteroatoms. The molecule has 0 atom stereocenters. The second-order valence-corrected chi connectivity index (χ2v) is 4.69. The zero-order chi connectivity index (χ0) is 13.0. The molecule has 5 nitrogen and oxygen atoms in total. The molecule has 0 radical (unpaired) electrons. The van der Waals surface area contributed by atoms with E-state index in [1.807, 2.05) is 6.07 Å². The molecule has 1 N–H and O–H groups in total. The van der Waals surface area contributed by atoms with Crippen molar-refractivity contribution < 1.29 is 9.53 Å². The molecule has 0 unspecified atom stereocenters. The van der Waals surface area contributed by atoms with Crippen LogP contribution in [0.1, 0.15) is 5.56 Å². The number of nitrogens with zero attached hydrogens (tertiary/aromatic N) is 2. The summed E-state index contributed by atoms with van der Waals surface area (Å²) in [5.41, 5.74) is 0.703. The van der Waals surface area contributed by atoms with Crippen molar-refractivity contribution in [1.82, 2.24) is 5.32 Å². The average molecular weight is 284 g/mol. The molecule has 1 aromatic rings. The third kappa shape index (κ3) is 3.02. The Kier molecular flexibility index (Phi) is 4.22. The molecule has 1 saturated heterocycles. The number of benzene rings is 1. The summed E-state index contributed by atoms with van der Waals surface area (Å²) < 4.78 is 5.09. The van der Waals surface area contributed by atoms with Crippen molar-refractivity contribution in [2.45, 2.75) is 0 Å². The van der Waals surface area contributed by atoms with Crippen LogP contribution in [-0.4, -0.2) is 30.2 Å². The van der Waals surface area contributed by atoms with Gasteiger partial charge in [-0.15, -0.1) is 5.10 Å². The van der Waals surface area contributed by atoms with Gasteiger partial charge >= 0.3 is 0 Å². The number of rotatable bonds is 3. The Hall–Kier alpha value is -1.53. The predicted molar refractivity (Wildman–Crippen MR) is 73.6 cm³/mol. The minimum atomic E-state index is -0.0617. The number of halogens is 1. The third-order valence-corrected chi connectivity index (χ3v) is 3.41. The predicted octanol–water partition coefficient (Wildman–Crippen LogP) is 1.90. The van der Waals surface area contributed by atoms with Gasteiger partial charge in [-0.25, -0.2) is 0 Å². The molecule has 1 amide bonds. The number of carbonyl (C=O) groups excluding carboxylic acids is 1. The van der Waals surface area contributed by atoms with E-state index in [9.17, 15) is 4.79 Å². The number of ether oxygens (including phenoxy) is 1. The van der Waals surface area contributed by atoms with E-state index in [1.54, 1.807) is 19.2 Å². The molecule has 18 heavy (non-hydrogen) atoms. The topological polar surface area (TPSA) is 63.1 Å². The molecule has 0 spiro atoms. The third-order valence-electron chi connectivity index (χ3n) is 2.14. The monoisotopic (exact) mass is 283 g/mol. The highest BCUT2D eigenvalue weighted by Crippen LogP contribution is 2.26. The molecule has 2 rings (SSSR count). The lowest BCUT2D eigenvalue weighted by atomic mass is 10.2. The SMILES string of the molecule is COc1cccc(C=NN=C2NC(=O)CS2)c1Cl. The van der Waals surface area contributed by atoms with Crippen LogP contribution in [0.3, 0.4) is 0 Å². The zero-order valence-corrected chi connectivity index (χ0v) is 11.1.